The first-order chi connectivity index (χ1) is 4.99. The van der Waals surface area contributed by atoms with Gasteiger partial charge < -0.3 is 0 Å². The van der Waals surface area contributed by atoms with Gasteiger partial charge in [0.25, 0.3) is 0 Å². The Morgan fingerprint density at radius 1 is 1.27 bits per heavy atom. The average molecular weight is 174 g/mol. The summed E-state index contributed by atoms with van der Waals surface area (Å²) >= 11 is 1.98. The molecule has 2 unspecified atom stereocenters. The Bertz CT molecular complexity index is 109. The van der Waals surface area contributed by atoms with Crippen LogP contribution in [0.1, 0.15) is 41.0 Å². The van der Waals surface area contributed by atoms with Crippen LogP contribution in [0.4, 0.5) is 0 Å². The molecule has 0 rings (SSSR count). The van der Waals surface area contributed by atoms with Crippen molar-refractivity contribution in [1.29, 1.82) is 0 Å². The van der Waals surface area contributed by atoms with E-state index in [0.29, 0.717) is 5.41 Å². The van der Waals surface area contributed by atoms with E-state index in [2.05, 4.69) is 40.9 Å². The molecule has 0 saturated carbocycles. The van der Waals surface area contributed by atoms with Gasteiger partial charge in [-0.05, 0) is 24.0 Å². The molecule has 0 N–H and O–H groups in total. The standard InChI is InChI=1S/C10H22S/c1-7-10(5,8(2)3)9(4)11-6/h8-9H,7H2,1-6H3. The van der Waals surface area contributed by atoms with E-state index >= 15 is 0 Å². The van der Waals surface area contributed by atoms with E-state index in [0.717, 1.165) is 11.2 Å². The lowest BCUT2D eigenvalue weighted by molar-refractivity contribution is 0.209. The molecule has 68 valence electrons. The van der Waals surface area contributed by atoms with Crippen LogP contribution in [-0.4, -0.2) is 11.5 Å². The highest BCUT2D eigenvalue weighted by molar-refractivity contribution is 7.99. The fourth-order valence-corrected chi connectivity index (χ4v) is 2.41. The van der Waals surface area contributed by atoms with Crippen LogP contribution in [0, 0.1) is 11.3 Å². The summed E-state index contributed by atoms with van der Waals surface area (Å²) < 4.78 is 0. The van der Waals surface area contributed by atoms with Crippen LogP contribution in [0.5, 0.6) is 0 Å². The fraction of sp³-hybridized carbons (Fsp3) is 1.00. The molecule has 0 fully saturated rings. The summed E-state index contributed by atoms with van der Waals surface area (Å²) in [4.78, 5) is 0. The summed E-state index contributed by atoms with van der Waals surface area (Å²) in [6, 6.07) is 0. The van der Waals surface area contributed by atoms with Gasteiger partial charge in [0.15, 0.2) is 0 Å². The van der Waals surface area contributed by atoms with Gasteiger partial charge in [0, 0.05) is 5.25 Å². The Morgan fingerprint density at radius 2 is 1.73 bits per heavy atom. The lowest BCUT2D eigenvalue weighted by atomic mass is 9.74. The summed E-state index contributed by atoms with van der Waals surface area (Å²) in [6.07, 6.45) is 3.49. The third-order valence-electron chi connectivity index (χ3n) is 3.36. The summed E-state index contributed by atoms with van der Waals surface area (Å²) in [6.45, 7) is 11.7. The predicted molar refractivity (Wildman–Crippen MR) is 56.2 cm³/mol. The monoisotopic (exact) mass is 174 g/mol. The summed E-state index contributed by atoms with van der Waals surface area (Å²) in [7, 11) is 0. The molecular weight excluding hydrogens is 152 g/mol. The van der Waals surface area contributed by atoms with Gasteiger partial charge in [-0.3, -0.25) is 0 Å². The highest BCUT2D eigenvalue weighted by atomic mass is 32.2. The third kappa shape index (κ3) is 2.40. The molecular formula is C10H22S. The van der Waals surface area contributed by atoms with E-state index in [9.17, 15) is 0 Å². The number of rotatable bonds is 4. The van der Waals surface area contributed by atoms with Crippen molar-refractivity contribution in [3.8, 4) is 0 Å². The number of hydrogen-bond acceptors (Lipinski definition) is 1. The van der Waals surface area contributed by atoms with Crippen LogP contribution in [0.2, 0.25) is 0 Å². The van der Waals surface area contributed by atoms with Crippen molar-refractivity contribution in [2.45, 2.75) is 46.3 Å². The van der Waals surface area contributed by atoms with Gasteiger partial charge in [-0.2, -0.15) is 11.8 Å². The van der Waals surface area contributed by atoms with Gasteiger partial charge in [0.2, 0.25) is 0 Å². The van der Waals surface area contributed by atoms with Crippen LogP contribution in [0.15, 0.2) is 0 Å². The minimum atomic E-state index is 0.513. The molecule has 0 aliphatic heterocycles. The minimum Gasteiger partial charge on any atom is -0.162 e. The third-order valence-corrected chi connectivity index (χ3v) is 4.61. The maximum atomic E-state index is 2.40. The molecule has 0 heterocycles. The molecule has 11 heavy (non-hydrogen) atoms. The zero-order chi connectivity index (χ0) is 9.07. The minimum absolute atomic E-state index is 0.513. The Labute approximate surface area is 76.1 Å². The first-order valence-corrected chi connectivity index (χ1v) is 5.80. The molecule has 0 aliphatic carbocycles. The van der Waals surface area contributed by atoms with Crippen molar-refractivity contribution in [2.24, 2.45) is 11.3 Å². The molecule has 0 aromatic heterocycles. The molecule has 0 aliphatic rings. The highest BCUT2D eigenvalue weighted by Crippen LogP contribution is 2.39. The topological polar surface area (TPSA) is 0 Å². The molecule has 0 nitrogen and oxygen atoms in total. The van der Waals surface area contributed by atoms with Crippen molar-refractivity contribution in [2.75, 3.05) is 6.26 Å². The summed E-state index contributed by atoms with van der Waals surface area (Å²) in [5.74, 6) is 0.787. The number of thioether (sulfide) groups is 1. The predicted octanol–water partition coefficient (Wildman–Crippen LogP) is 3.81. The maximum absolute atomic E-state index is 2.40. The van der Waals surface area contributed by atoms with E-state index in [1.165, 1.54) is 6.42 Å². The van der Waals surface area contributed by atoms with Gasteiger partial charge in [-0.25, -0.2) is 0 Å². The number of hydrogen-bond donors (Lipinski definition) is 0. The van der Waals surface area contributed by atoms with Crippen molar-refractivity contribution < 1.29 is 0 Å². The second-order valence-electron chi connectivity index (χ2n) is 3.89. The molecule has 0 bridgehead atoms. The Balaban J connectivity index is 4.32. The molecule has 2 atom stereocenters. The van der Waals surface area contributed by atoms with Gasteiger partial charge in [-0.15, -0.1) is 0 Å². The summed E-state index contributed by atoms with van der Waals surface area (Å²) in [5, 5.41) is 0.771. The quantitative estimate of drug-likeness (QED) is 0.624. The molecule has 0 aromatic carbocycles. The van der Waals surface area contributed by atoms with Crippen molar-refractivity contribution in [3.05, 3.63) is 0 Å². The Kier molecular flexibility index (Phi) is 4.53. The van der Waals surface area contributed by atoms with Gasteiger partial charge >= 0.3 is 0 Å². The highest BCUT2D eigenvalue weighted by Gasteiger charge is 2.31. The lowest BCUT2D eigenvalue weighted by Gasteiger charge is -2.37. The van der Waals surface area contributed by atoms with Crippen molar-refractivity contribution >= 4 is 11.8 Å². The SMILES string of the molecule is CCC(C)(C(C)C)C(C)SC. The van der Waals surface area contributed by atoms with E-state index in [1.54, 1.807) is 0 Å². The molecule has 0 radical (unpaired) electrons. The van der Waals surface area contributed by atoms with Gasteiger partial charge in [-0.1, -0.05) is 34.6 Å². The largest absolute Gasteiger partial charge is 0.162 e. The van der Waals surface area contributed by atoms with E-state index in [-0.39, 0.29) is 0 Å². The normalized spacial score (nSPS) is 19.9. The lowest BCUT2D eigenvalue weighted by Crippen LogP contribution is -2.32. The van der Waals surface area contributed by atoms with Crippen molar-refractivity contribution in [3.63, 3.8) is 0 Å². The van der Waals surface area contributed by atoms with Crippen LogP contribution >= 0.6 is 11.8 Å². The Morgan fingerprint density at radius 3 is 1.82 bits per heavy atom. The van der Waals surface area contributed by atoms with Gasteiger partial charge in [0.1, 0.15) is 0 Å². The second-order valence-corrected chi connectivity index (χ2v) is 5.07. The maximum Gasteiger partial charge on any atom is 0.00721 e. The molecule has 1 heteroatoms. The first kappa shape index (κ1) is 11.4. The molecule has 0 spiro atoms. The zero-order valence-corrected chi connectivity index (χ0v) is 9.59. The first-order valence-electron chi connectivity index (χ1n) is 4.51. The zero-order valence-electron chi connectivity index (χ0n) is 8.77. The van der Waals surface area contributed by atoms with Crippen LogP contribution < -0.4 is 0 Å². The van der Waals surface area contributed by atoms with E-state index in [4.69, 9.17) is 0 Å². The Hall–Kier alpha value is 0.350. The fourth-order valence-electron chi connectivity index (χ4n) is 1.43. The summed E-state index contributed by atoms with van der Waals surface area (Å²) in [5.41, 5.74) is 0.513. The molecule has 0 aromatic rings. The smallest absolute Gasteiger partial charge is 0.00721 e. The molecule has 0 saturated heterocycles. The van der Waals surface area contributed by atoms with Crippen molar-refractivity contribution in [1.82, 2.24) is 0 Å². The van der Waals surface area contributed by atoms with E-state index in [1.807, 2.05) is 11.8 Å². The van der Waals surface area contributed by atoms with Crippen LogP contribution in [0.3, 0.4) is 0 Å². The molecule has 0 amide bonds. The van der Waals surface area contributed by atoms with E-state index < -0.39 is 0 Å². The van der Waals surface area contributed by atoms with Gasteiger partial charge in [0.05, 0.1) is 0 Å². The van der Waals surface area contributed by atoms with Crippen LogP contribution in [-0.2, 0) is 0 Å². The second kappa shape index (κ2) is 4.39. The average Bonchev–Trinajstić information content (AvgIpc) is 2.01. The van der Waals surface area contributed by atoms with Crippen LogP contribution in [0.25, 0.3) is 0 Å².